The van der Waals surface area contributed by atoms with Crippen molar-refractivity contribution in [1.82, 2.24) is 4.98 Å². The van der Waals surface area contributed by atoms with E-state index in [9.17, 15) is 4.79 Å². The smallest absolute Gasteiger partial charge is 0.149 e. The van der Waals surface area contributed by atoms with Gasteiger partial charge in [-0.25, -0.2) is 0 Å². The number of ketones is 1. The minimum Gasteiger partial charge on any atom is -0.298 e. The molecule has 0 unspecified atom stereocenters. The van der Waals surface area contributed by atoms with Gasteiger partial charge in [0.1, 0.15) is 11.2 Å². The fraction of sp³-hybridized carbons (Fsp3) is 0.143. The molecule has 1 heterocycles. The second-order valence-corrected chi connectivity index (χ2v) is 5.72. The van der Waals surface area contributed by atoms with Gasteiger partial charge in [-0.2, -0.15) is 0 Å². The number of pyridine rings is 1. The van der Waals surface area contributed by atoms with E-state index in [2.05, 4.69) is 4.98 Å². The van der Waals surface area contributed by atoms with Gasteiger partial charge in [0, 0.05) is 11.9 Å². The van der Waals surface area contributed by atoms with Gasteiger partial charge in [-0.3, -0.25) is 9.78 Å². The number of aryl methyl sites for hydroxylation is 1. The number of carbonyl (C=O) groups excluding carboxylic acids is 1. The molecule has 0 aliphatic carbocycles. The average Bonchev–Trinajstić information content (AvgIpc) is 2.57. The highest BCUT2D eigenvalue weighted by Gasteiger charge is 2.41. The summed E-state index contributed by atoms with van der Waals surface area (Å²) in [5.74, 6) is 0.0977. The van der Waals surface area contributed by atoms with Gasteiger partial charge in [-0.1, -0.05) is 60.7 Å². The Hall–Kier alpha value is -2.74. The highest BCUT2D eigenvalue weighted by Crippen LogP contribution is 2.40. The predicted molar refractivity (Wildman–Crippen MR) is 92.4 cm³/mol. The Morgan fingerprint density at radius 1 is 0.826 bits per heavy atom. The van der Waals surface area contributed by atoms with Crippen LogP contribution in [0.3, 0.4) is 0 Å². The van der Waals surface area contributed by atoms with Crippen molar-refractivity contribution in [3.8, 4) is 0 Å². The van der Waals surface area contributed by atoms with Crippen molar-refractivity contribution in [2.45, 2.75) is 19.3 Å². The third-order valence-electron chi connectivity index (χ3n) is 4.27. The number of hydrogen-bond acceptors (Lipinski definition) is 2. The molecule has 0 bridgehead atoms. The topological polar surface area (TPSA) is 30.0 Å². The number of Topliss-reactive ketones (excluding diaryl/α,β-unsaturated/α-hetero) is 1. The van der Waals surface area contributed by atoms with Crippen molar-refractivity contribution in [2.24, 2.45) is 0 Å². The molecule has 0 atom stereocenters. The lowest BCUT2D eigenvalue weighted by atomic mass is 9.67. The maximum absolute atomic E-state index is 13.0. The van der Waals surface area contributed by atoms with E-state index in [1.165, 1.54) is 0 Å². The fourth-order valence-corrected chi connectivity index (χ4v) is 3.26. The molecule has 0 saturated heterocycles. The number of nitrogens with zero attached hydrogens (tertiary/aromatic N) is 1. The van der Waals surface area contributed by atoms with Gasteiger partial charge in [0.15, 0.2) is 0 Å². The van der Waals surface area contributed by atoms with E-state index >= 15 is 0 Å². The molecule has 0 aliphatic heterocycles. The van der Waals surface area contributed by atoms with Crippen LogP contribution in [0.25, 0.3) is 0 Å². The van der Waals surface area contributed by atoms with Crippen LogP contribution in [-0.2, 0) is 10.2 Å². The van der Waals surface area contributed by atoms with Crippen molar-refractivity contribution < 1.29 is 4.79 Å². The molecule has 0 radical (unpaired) electrons. The van der Waals surface area contributed by atoms with E-state index in [4.69, 9.17) is 0 Å². The summed E-state index contributed by atoms with van der Waals surface area (Å²) >= 11 is 0. The molecule has 0 spiro atoms. The molecule has 0 aliphatic rings. The molecular formula is C21H19NO. The Morgan fingerprint density at radius 2 is 1.35 bits per heavy atom. The molecule has 2 aromatic carbocycles. The van der Waals surface area contributed by atoms with Crippen molar-refractivity contribution in [3.05, 3.63) is 101 Å². The average molecular weight is 301 g/mol. The Bertz CT molecular complexity index is 770. The van der Waals surface area contributed by atoms with Gasteiger partial charge in [0.2, 0.25) is 0 Å². The Balaban J connectivity index is 2.39. The standard InChI is InChI=1S/C21H19NO/c1-16-15-20(13-14-22-16)21(17(2)23,18-9-5-3-6-10-18)19-11-7-4-8-12-19/h3-15H,1-2H3. The van der Waals surface area contributed by atoms with Crippen LogP contribution >= 0.6 is 0 Å². The molecule has 3 rings (SSSR count). The van der Waals surface area contributed by atoms with Crippen LogP contribution in [0, 0.1) is 6.92 Å². The van der Waals surface area contributed by atoms with E-state index in [1.807, 2.05) is 79.7 Å². The minimum absolute atomic E-state index is 0.0977. The third-order valence-corrected chi connectivity index (χ3v) is 4.27. The van der Waals surface area contributed by atoms with Gasteiger partial charge < -0.3 is 0 Å². The molecular weight excluding hydrogens is 282 g/mol. The lowest BCUT2D eigenvalue weighted by Crippen LogP contribution is -2.37. The van der Waals surface area contributed by atoms with Crippen molar-refractivity contribution in [3.63, 3.8) is 0 Å². The lowest BCUT2D eigenvalue weighted by molar-refractivity contribution is -0.119. The lowest BCUT2D eigenvalue weighted by Gasteiger charge is -2.33. The van der Waals surface area contributed by atoms with E-state index in [0.717, 1.165) is 22.4 Å². The fourth-order valence-electron chi connectivity index (χ4n) is 3.26. The summed E-state index contributed by atoms with van der Waals surface area (Å²) in [6.45, 7) is 3.61. The Labute approximate surface area is 136 Å². The van der Waals surface area contributed by atoms with Gasteiger partial charge in [0.25, 0.3) is 0 Å². The summed E-state index contributed by atoms with van der Waals surface area (Å²) in [5, 5.41) is 0. The SMILES string of the molecule is CC(=O)C(c1ccccc1)(c1ccccc1)c1ccnc(C)c1. The summed E-state index contributed by atoms with van der Waals surface area (Å²) in [4.78, 5) is 17.2. The van der Waals surface area contributed by atoms with E-state index in [0.29, 0.717) is 0 Å². The molecule has 0 saturated carbocycles. The molecule has 0 N–H and O–H groups in total. The van der Waals surface area contributed by atoms with Crippen LogP contribution in [0.1, 0.15) is 29.3 Å². The van der Waals surface area contributed by atoms with Crippen molar-refractivity contribution >= 4 is 5.78 Å². The first-order valence-corrected chi connectivity index (χ1v) is 7.71. The highest BCUT2D eigenvalue weighted by atomic mass is 16.1. The summed E-state index contributed by atoms with van der Waals surface area (Å²) in [7, 11) is 0. The van der Waals surface area contributed by atoms with Gasteiger partial charge in [-0.05, 0) is 42.7 Å². The molecule has 0 fully saturated rings. The molecule has 1 aromatic heterocycles. The number of hydrogen-bond donors (Lipinski definition) is 0. The number of aromatic nitrogens is 1. The second kappa shape index (κ2) is 6.17. The van der Waals surface area contributed by atoms with Crippen molar-refractivity contribution in [2.75, 3.05) is 0 Å². The van der Waals surface area contributed by atoms with E-state index in [-0.39, 0.29) is 5.78 Å². The maximum Gasteiger partial charge on any atom is 0.149 e. The first kappa shape index (κ1) is 15.2. The van der Waals surface area contributed by atoms with Gasteiger partial charge >= 0.3 is 0 Å². The zero-order valence-corrected chi connectivity index (χ0v) is 13.4. The van der Waals surface area contributed by atoms with Crippen LogP contribution < -0.4 is 0 Å². The summed E-state index contributed by atoms with van der Waals surface area (Å²) < 4.78 is 0. The largest absolute Gasteiger partial charge is 0.298 e. The Morgan fingerprint density at radius 3 is 1.78 bits per heavy atom. The second-order valence-electron chi connectivity index (χ2n) is 5.72. The number of rotatable bonds is 4. The zero-order valence-electron chi connectivity index (χ0n) is 13.4. The number of benzene rings is 2. The molecule has 3 aromatic rings. The molecule has 23 heavy (non-hydrogen) atoms. The third kappa shape index (κ3) is 2.57. The summed E-state index contributed by atoms with van der Waals surface area (Å²) in [6.07, 6.45) is 1.77. The predicted octanol–water partition coefficient (Wildman–Crippen LogP) is 4.31. The quantitative estimate of drug-likeness (QED) is 0.718. The summed E-state index contributed by atoms with van der Waals surface area (Å²) in [6, 6.07) is 23.9. The molecule has 114 valence electrons. The normalized spacial score (nSPS) is 11.2. The van der Waals surface area contributed by atoms with Crippen molar-refractivity contribution in [1.29, 1.82) is 0 Å². The highest BCUT2D eigenvalue weighted by molar-refractivity contribution is 5.96. The first-order valence-electron chi connectivity index (χ1n) is 7.71. The van der Waals surface area contributed by atoms with Gasteiger partial charge in [-0.15, -0.1) is 0 Å². The van der Waals surface area contributed by atoms with Crippen LogP contribution in [0.4, 0.5) is 0 Å². The maximum atomic E-state index is 13.0. The van der Waals surface area contributed by atoms with Crippen LogP contribution in [0.5, 0.6) is 0 Å². The molecule has 2 heteroatoms. The molecule has 2 nitrogen and oxygen atoms in total. The van der Waals surface area contributed by atoms with E-state index < -0.39 is 5.41 Å². The number of carbonyl (C=O) groups is 1. The van der Waals surface area contributed by atoms with E-state index in [1.54, 1.807) is 13.1 Å². The van der Waals surface area contributed by atoms with Crippen LogP contribution in [0.2, 0.25) is 0 Å². The van der Waals surface area contributed by atoms with Crippen LogP contribution in [-0.4, -0.2) is 10.8 Å². The zero-order chi connectivity index (χ0) is 16.3. The first-order chi connectivity index (χ1) is 11.2. The van der Waals surface area contributed by atoms with Gasteiger partial charge in [0.05, 0.1) is 0 Å². The minimum atomic E-state index is -0.809. The summed E-state index contributed by atoms with van der Waals surface area (Å²) in [5.41, 5.74) is 3.00. The van der Waals surface area contributed by atoms with Crippen LogP contribution in [0.15, 0.2) is 79.0 Å². The molecule has 0 amide bonds. The Kier molecular flexibility index (Phi) is 4.07. The monoisotopic (exact) mass is 301 g/mol.